The summed E-state index contributed by atoms with van der Waals surface area (Å²) in [7, 11) is 0. The van der Waals surface area contributed by atoms with E-state index in [1.54, 1.807) is 17.0 Å². The van der Waals surface area contributed by atoms with Gasteiger partial charge in [-0.2, -0.15) is 0 Å². The van der Waals surface area contributed by atoms with Crippen molar-refractivity contribution in [3.63, 3.8) is 0 Å². The van der Waals surface area contributed by atoms with Crippen molar-refractivity contribution in [2.24, 2.45) is 5.92 Å². The van der Waals surface area contributed by atoms with Crippen LogP contribution in [0.3, 0.4) is 0 Å². The van der Waals surface area contributed by atoms with Crippen molar-refractivity contribution in [1.29, 1.82) is 0 Å². The first-order valence-electron chi connectivity index (χ1n) is 10.4. The van der Waals surface area contributed by atoms with Gasteiger partial charge in [0.15, 0.2) is 0 Å². The molecule has 0 saturated carbocycles. The van der Waals surface area contributed by atoms with Crippen LogP contribution in [-0.4, -0.2) is 86.5 Å². The van der Waals surface area contributed by atoms with E-state index in [-0.39, 0.29) is 17.4 Å². The molecule has 2 heterocycles. The summed E-state index contributed by atoms with van der Waals surface area (Å²) in [5.41, 5.74) is 0.0815. The molecule has 9 heteroatoms. The molecule has 2 N–H and O–H groups in total. The fourth-order valence-electron chi connectivity index (χ4n) is 3.70. The molecular formula is C21H29FN4O4. The highest BCUT2D eigenvalue weighted by atomic mass is 19.1. The molecular weight excluding hydrogens is 391 g/mol. The molecule has 2 aliphatic heterocycles. The van der Waals surface area contributed by atoms with Gasteiger partial charge in [0.05, 0.1) is 18.8 Å². The molecule has 0 radical (unpaired) electrons. The number of nitrogens with zero attached hydrogens (tertiary/aromatic N) is 2. The van der Waals surface area contributed by atoms with Gasteiger partial charge in [0.1, 0.15) is 5.82 Å². The molecule has 3 rings (SSSR count). The van der Waals surface area contributed by atoms with Crippen molar-refractivity contribution in [3.05, 3.63) is 35.6 Å². The number of rotatable bonds is 6. The van der Waals surface area contributed by atoms with Crippen molar-refractivity contribution >= 4 is 17.7 Å². The largest absolute Gasteiger partial charge is 0.379 e. The second-order valence-electron chi connectivity index (χ2n) is 7.64. The van der Waals surface area contributed by atoms with Crippen molar-refractivity contribution in [2.75, 3.05) is 59.0 Å². The van der Waals surface area contributed by atoms with E-state index in [2.05, 4.69) is 15.5 Å². The maximum atomic E-state index is 13.8. The number of carbonyl (C=O) groups is 3. The molecule has 2 aliphatic rings. The summed E-state index contributed by atoms with van der Waals surface area (Å²) in [6, 6.07) is 5.97. The van der Waals surface area contributed by atoms with Crippen LogP contribution in [0.5, 0.6) is 0 Å². The molecule has 8 nitrogen and oxygen atoms in total. The number of likely N-dealkylation sites (tertiary alicyclic amines) is 1. The maximum Gasteiger partial charge on any atom is 0.309 e. The number of nitrogens with one attached hydrogen (secondary N) is 2. The first kappa shape index (κ1) is 22.2. The maximum absolute atomic E-state index is 13.8. The van der Waals surface area contributed by atoms with Gasteiger partial charge < -0.3 is 20.3 Å². The van der Waals surface area contributed by atoms with Crippen LogP contribution in [0.25, 0.3) is 0 Å². The molecule has 3 amide bonds. The lowest BCUT2D eigenvalue weighted by Crippen LogP contribution is -2.47. The van der Waals surface area contributed by atoms with E-state index >= 15 is 0 Å². The monoisotopic (exact) mass is 420 g/mol. The minimum absolute atomic E-state index is 0.0815. The number of ether oxygens (including phenoxy) is 1. The van der Waals surface area contributed by atoms with E-state index in [1.807, 2.05) is 0 Å². The third kappa shape index (κ3) is 6.24. The SMILES string of the molecule is O=C(NCCN1CCOCC1)C(=O)NCC1CCN(C(=O)c2ccccc2F)CC1. The highest BCUT2D eigenvalue weighted by Gasteiger charge is 2.26. The molecule has 30 heavy (non-hydrogen) atoms. The van der Waals surface area contributed by atoms with Crippen LogP contribution < -0.4 is 10.6 Å². The number of hydrogen-bond donors (Lipinski definition) is 2. The summed E-state index contributed by atoms with van der Waals surface area (Å²) in [5.74, 6) is -1.91. The minimum Gasteiger partial charge on any atom is -0.379 e. The quantitative estimate of drug-likeness (QED) is 0.644. The number of hydrogen-bond acceptors (Lipinski definition) is 5. The average molecular weight is 420 g/mol. The van der Waals surface area contributed by atoms with Crippen LogP contribution in [0.15, 0.2) is 24.3 Å². The van der Waals surface area contributed by atoms with Gasteiger partial charge in [-0.05, 0) is 30.9 Å². The second-order valence-corrected chi connectivity index (χ2v) is 7.64. The van der Waals surface area contributed by atoms with E-state index in [0.717, 1.165) is 13.1 Å². The zero-order chi connectivity index (χ0) is 21.3. The third-order valence-electron chi connectivity index (χ3n) is 5.58. The Kier molecular flexibility index (Phi) is 8.15. The van der Waals surface area contributed by atoms with Gasteiger partial charge in [0.25, 0.3) is 5.91 Å². The fraction of sp³-hybridized carbons (Fsp3) is 0.571. The first-order valence-corrected chi connectivity index (χ1v) is 10.4. The first-order chi connectivity index (χ1) is 14.5. The second kappa shape index (κ2) is 11.0. The molecule has 0 aromatic heterocycles. The molecule has 1 aromatic carbocycles. The summed E-state index contributed by atoms with van der Waals surface area (Å²) in [4.78, 5) is 40.2. The van der Waals surface area contributed by atoms with Crippen molar-refractivity contribution in [1.82, 2.24) is 20.4 Å². The molecule has 0 spiro atoms. The Bertz CT molecular complexity index is 746. The summed E-state index contributed by atoms with van der Waals surface area (Å²) >= 11 is 0. The Morgan fingerprint density at radius 1 is 1.00 bits per heavy atom. The number of amides is 3. The highest BCUT2D eigenvalue weighted by Crippen LogP contribution is 2.19. The van der Waals surface area contributed by atoms with E-state index in [1.165, 1.54) is 12.1 Å². The Morgan fingerprint density at radius 3 is 2.37 bits per heavy atom. The number of piperidine rings is 1. The van der Waals surface area contributed by atoms with Gasteiger partial charge in [-0.1, -0.05) is 12.1 Å². The predicted molar refractivity (Wildman–Crippen MR) is 108 cm³/mol. The van der Waals surface area contributed by atoms with Gasteiger partial charge >= 0.3 is 11.8 Å². The predicted octanol–water partition coefficient (Wildman–Crippen LogP) is 0.243. The number of benzene rings is 1. The van der Waals surface area contributed by atoms with E-state index in [9.17, 15) is 18.8 Å². The lowest BCUT2D eigenvalue weighted by Gasteiger charge is -2.32. The lowest BCUT2D eigenvalue weighted by molar-refractivity contribution is -0.139. The summed E-state index contributed by atoms with van der Waals surface area (Å²) in [5, 5.41) is 5.32. The molecule has 2 fully saturated rings. The van der Waals surface area contributed by atoms with Gasteiger partial charge in [0.2, 0.25) is 0 Å². The lowest BCUT2D eigenvalue weighted by atomic mass is 9.96. The zero-order valence-corrected chi connectivity index (χ0v) is 17.1. The molecule has 1 aromatic rings. The summed E-state index contributed by atoms with van der Waals surface area (Å²) in [6.45, 7) is 5.55. The Hall–Kier alpha value is -2.52. The van der Waals surface area contributed by atoms with Gasteiger partial charge in [-0.3, -0.25) is 19.3 Å². The third-order valence-corrected chi connectivity index (χ3v) is 5.58. The Labute approximate surface area is 175 Å². The van der Waals surface area contributed by atoms with Crippen LogP contribution in [0.4, 0.5) is 4.39 Å². The van der Waals surface area contributed by atoms with Crippen LogP contribution in [0, 0.1) is 11.7 Å². The molecule has 0 atom stereocenters. The van der Waals surface area contributed by atoms with Crippen LogP contribution in [0.2, 0.25) is 0 Å². The number of halogens is 1. The number of morpholine rings is 1. The molecule has 2 saturated heterocycles. The standard InChI is InChI=1S/C21H29FN4O4/c22-18-4-2-1-3-17(18)21(29)26-8-5-16(6-9-26)15-24-20(28)19(27)23-7-10-25-11-13-30-14-12-25/h1-4,16H,5-15H2,(H,23,27)(H,24,28). The molecule has 164 valence electrons. The van der Waals surface area contributed by atoms with Crippen molar-refractivity contribution in [3.8, 4) is 0 Å². The van der Waals surface area contributed by atoms with Gasteiger partial charge in [0, 0.05) is 45.8 Å². The van der Waals surface area contributed by atoms with E-state index in [4.69, 9.17) is 4.74 Å². The topological polar surface area (TPSA) is 91.0 Å². The van der Waals surface area contributed by atoms with Crippen molar-refractivity contribution < 1.29 is 23.5 Å². The Balaban J connectivity index is 1.32. The molecule has 0 bridgehead atoms. The van der Waals surface area contributed by atoms with Crippen LogP contribution in [-0.2, 0) is 14.3 Å². The Morgan fingerprint density at radius 2 is 1.67 bits per heavy atom. The molecule has 0 unspecified atom stereocenters. The fourth-order valence-corrected chi connectivity index (χ4v) is 3.70. The minimum atomic E-state index is -0.637. The average Bonchev–Trinajstić information content (AvgIpc) is 2.78. The zero-order valence-electron chi connectivity index (χ0n) is 17.1. The summed E-state index contributed by atoms with van der Waals surface area (Å²) in [6.07, 6.45) is 1.39. The van der Waals surface area contributed by atoms with Crippen LogP contribution in [0.1, 0.15) is 23.2 Å². The summed E-state index contributed by atoms with van der Waals surface area (Å²) < 4.78 is 19.1. The van der Waals surface area contributed by atoms with E-state index < -0.39 is 17.6 Å². The van der Waals surface area contributed by atoms with Crippen LogP contribution >= 0.6 is 0 Å². The normalized spacial score (nSPS) is 18.1. The van der Waals surface area contributed by atoms with Gasteiger partial charge in [-0.25, -0.2) is 4.39 Å². The van der Waals surface area contributed by atoms with Crippen molar-refractivity contribution in [2.45, 2.75) is 12.8 Å². The number of carbonyl (C=O) groups excluding carboxylic acids is 3. The molecule has 0 aliphatic carbocycles. The smallest absolute Gasteiger partial charge is 0.309 e. The van der Waals surface area contributed by atoms with E-state index in [0.29, 0.717) is 58.8 Å². The van der Waals surface area contributed by atoms with Gasteiger partial charge in [-0.15, -0.1) is 0 Å². The highest BCUT2D eigenvalue weighted by molar-refractivity contribution is 6.35.